The number of nitrogen functional groups attached to an aromatic ring is 1. The summed E-state index contributed by atoms with van der Waals surface area (Å²) in [5.41, 5.74) is 9.91. The standard InChI is InChI=1S/C18H14N4OS/c19-9-11-4-1-2-6-14(11)21-17(23)16-15(20)12-8-10-5-3-7-13(10)22-18(12)24-16/h1-2,4,6,8H,3,5,7,20H2,(H,21,23). The van der Waals surface area contributed by atoms with Crippen LogP contribution in [-0.2, 0) is 12.8 Å². The van der Waals surface area contributed by atoms with Crippen molar-refractivity contribution in [2.45, 2.75) is 19.3 Å². The van der Waals surface area contributed by atoms with Crippen molar-refractivity contribution in [2.24, 2.45) is 0 Å². The Kier molecular flexibility index (Phi) is 3.44. The number of hydrogen-bond donors (Lipinski definition) is 2. The maximum Gasteiger partial charge on any atom is 0.267 e. The lowest BCUT2D eigenvalue weighted by Crippen LogP contribution is -2.12. The molecule has 0 atom stereocenters. The van der Waals surface area contributed by atoms with Gasteiger partial charge in [-0.25, -0.2) is 4.98 Å². The van der Waals surface area contributed by atoms with E-state index in [1.165, 1.54) is 16.9 Å². The predicted molar refractivity (Wildman–Crippen MR) is 95.2 cm³/mol. The van der Waals surface area contributed by atoms with Crippen molar-refractivity contribution in [1.82, 2.24) is 4.98 Å². The molecular weight excluding hydrogens is 320 g/mol. The minimum absolute atomic E-state index is 0.307. The van der Waals surface area contributed by atoms with Crippen molar-refractivity contribution in [1.29, 1.82) is 5.26 Å². The Labute approximate surface area is 142 Å². The topological polar surface area (TPSA) is 91.8 Å². The lowest BCUT2D eigenvalue weighted by Gasteiger charge is -2.05. The molecule has 0 bridgehead atoms. The monoisotopic (exact) mass is 334 g/mol. The number of nitriles is 1. The highest BCUT2D eigenvalue weighted by Gasteiger charge is 2.21. The molecule has 2 heterocycles. The highest BCUT2D eigenvalue weighted by Crippen LogP contribution is 2.36. The van der Waals surface area contributed by atoms with Crippen LogP contribution in [0.1, 0.15) is 32.9 Å². The number of nitrogens with one attached hydrogen (secondary N) is 1. The van der Waals surface area contributed by atoms with E-state index in [4.69, 9.17) is 11.0 Å². The summed E-state index contributed by atoms with van der Waals surface area (Å²) in [5.74, 6) is -0.307. The summed E-state index contributed by atoms with van der Waals surface area (Å²) in [7, 11) is 0. The van der Waals surface area contributed by atoms with Crippen LogP contribution >= 0.6 is 11.3 Å². The first-order valence-electron chi connectivity index (χ1n) is 7.68. The van der Waals surface area contributed by atoms with E-state index in [0.29, 0.717) is 21.8 Å². The van der Waals surface area contributed by atoms with Crippen molar-refractivity contribution in [3.8, 4) is 6.07 Å². The third-order valence-electron chi connectivity index (χ3n) is 4.25. The Morgan fingerprint density at radius 3 is 3.00 bits per heavy atom. The second kappa shape index (κ2) is 5.62. The van der Waals surface area contributed by atoms with Gasteiger partial charge in [0.1, 0.15) is 15.8 Å². The molecule has 0 saturated carbocycles. The van der Waals surface area contributed by atoms with Gasteiger partial charge in [0.25, 0.3) is 5.91 Å². The van der Waals surface area contributed by atoms with Gasteiger partial charge < -0.3 is 11.1 Å². The van der Waals surface area contributed by atoms with Gasteiger partial charge in [-0.05, 0) is 43.0 Å². The number of hydrogen-bond acceptors (Lipinski definition) is 5. The van der Waals surface area contributed by atoms with Crippen molar-refractivity contribution in [2.75, 3.05) is 11.1 Å². The summed E-state index contributed by atoms with van der Waals surface area (Å²) in [5, 5.41) is 12.8. The summed E-state index contributed by atoms with van der Waals surface area (Å²) in [6.07, 6.45) is 3.13. The third kappa shape index (κ3) is 2.30. The molecule has 0 radical (unpaired) electrons. The van der Waals surface area contributed by atoms with Crippen LogP contribution in [0.2, 0.25) is 0 Å². The van der Waals surface area contributed by atoms with Crippen molar-refractivity contribution in [3.63, 3.8) is 0 Å². The predicted octanol–water partition coefficient (Wildman–Crippen LogP) is 3.49. The summed E-state index contributed by atoms with van der Waals surface area (Å²) in [6, 6.07) is 11.0. The van der Waals surface area contributed by atoms with Gasteiger partial charge in [0, 0.05) is 11.1 Å². The average molecular weight is 334 g/mol. The van der Waals surface area contributed by atoms with Gasteiger partial charge in [-0.3, -0.25) is 4.79 Å². The van der Waals surface area contributed by atoms with Crippen LogP contribution in [0.4, 0.5) is 11.4 Å². The van der Waals surface area contributed by atoms with Gasteiger partial charge in [0.2, 0.25) is 0 Å². The lowest BCUT2D eigenvalue weighted by atomic mass is 10.1. The van der Waals surface area contributed by atoms with Crippen molar-refractivity contribution in [3.05, 3.63) is 52.0 Å². The molecule has 1 aliphatic carbocycles. The van der Waals surface area contributed by atoms with E-state index in [9.17, 15) is 4.79 Å². The Morgan fingerprint density at radius 1 is 1.33 bits per heavy atom. The molecular formula is C18H14N4OS. The first-order valence-corrected chi connectivity index (χ1v) is 8.50. The number of fused-ring (bicyclic) bond motifs is 2. The van der Waals surface area contributed by atoms with E-state index in [2.05, 4.69) is 22.4 Å². The van der Waals surface area contributed by atoms with E-state index < -0.39 is 0 Å². The summed E-state index contributed by atoms with van der Waals surface area (Å²) >= 11 is 1.30. The largest absolute Gasteiger partial charge is 0.397 e. The quantitative estimate of drug-likeness (QED) is 0.750. The van der Waals surface area contributed by atoms with Gasteiger partial charge in [0.05, 0.1) is 16.9 Å². The molecule has 0 aliphatic heterocycles. The Balaban J connectivity index is 1.73. The van der Waals surface area contributed by atoms with Gasteiger partial charge in [-0.2, -0.15) is 5.26 Å². The van der Waals surface area contributed by atoms with Crippen LogP contribution < -0.4 is 11.1 Å². The second-order valence-electron chi connectivity index (χ2n) is 5.76. The number of aromatic nitrogens is 1. The summed E-state index contributed by atoms with van der Waals surface area (Å²) < 4.78 is 0. The van der Waals surface area contributed by atoms with Crippen LogP contribution in [0.15, 0.2) is 30.3 Å². The number of carbonyl (C=O) groups excluding carboxylic acids is 1. The molecule has 0 saturated heterocycles. The number of nitrogens with two attached hydrogens (primary N) is 1. The fraction of sp³-hybridized carbons (Fsp3) is 0.167. The first-order chi connectivity index (χ1) is 11.7. The van der Waals surface area contributed by atoms with E-state index in [-0.39, 0.29) is 5.91 Å². The first kappa shape index (κ1) is 14.7. The van der Waals surface area contributed by atoms with Gasteiger partial charge >= 0.3 is 0 Å². The molecule has 118 valence electrons. The highest BCUT2D eigenvalue weighted by atomic mass is 32.1. The molecule has 2 aromatic heterocycles. The number of anilines is 2. The Bertz CT molecular complexity index is 1020. The molecule has 24 heavy (non-hydrogen) atoms. The van der Waals surface area contributed by atoms with Gasteiger partial charge in [-0.1, -0.05) is 12.1 Å². The van der Waals surface area contributed by atoms with E-state index in [0.717, 1.165) is 35.2 Å². The molecule has 3 aromatic rings. The molecule has 1 aromatic carbocycles. The fourth-order valence-corrected chi connectivity index (χ4v) is 4.03. The molecule has 3 N–H and O–H groups in total. The maximum atomic E-state index is 12.6. The lowest BCUT2D eigenvalue weighted by molar-refractivity contribution is 0.103. The van der Waals surface area contributed by atoms with Gasteiger partial charge in [0.15, 0.2) is 0 Å². The average Bonchev–Trinajstić information content (AvgIpc) is 3.17. The number of nitrogens with zero attached hydrogens (tertiary/aromatic N) is 2. The van der Waals surface area contributed by atoms with Crippen LogP contribution in [0.25, 0.3) is 10.2 Å². The minimum Gasteiger partial charge on any atom is -0.397 e. The van der Waals surface area contributed by atoms with Crippen molar-refractivity contribution < 1.29 is 4.79 Å². The van der Waals surface area contributed by atoms with Crippen LogP contribution in [-0.4, -0.2) is 10.9 Å². The number of benzene rings is 1. The molecule has 1 amide bonds. The van der Waals surface area contributed by atoms with Gasteiger partial charge in [-0.15, -0.1) is 11.3 Å². The molecule has 5 nitrogen and oxygen atoms in total. The molecule has 0 spiro atoms. The fourth-order valence-electron chi connectivity index (χ4n) is 3.04. The minimum atomic E-state index is -0.307. The molecule has 6 heteroatoms. The Hall–Kier alpha value is -2.91. The Morgan fingerprint density at radius 2 is 2.17 bits per heavy atom. The molecule has 4 rings (SSSR count). The van der Waals surface area contributed by atoms with Crippen LogP contribution in [0.5, 0.6) is 0 Å². The number of aryl methyl sites for hydroxylation is 2. The smallest absolute Gasteiger partial charge is 0.267 e. The number of rotatable bonds is 2. The number of thiophene rings is 1. The number of pyridine rings is 1. The van der Waals surface area contributed by atoms with E-state index in [1.54, 1.807) is 24.3 Å². The molecule has 0 unspecified atom stereocenters. The van der Waals surface area contributed by atoms with Crippen LogP contribution in [0, 0.1) is 11.3 Å². The SMILES string of the molecule is N#Cc1ccccc1NC(=O)c1sc2nc3c(cc2c1N)CCC3. The zero-order chi connectivity index (χ0) is 16.7. The molecule has 1 aliphatic rings. The zero-order valence-corrected chi connectivity index (χ0v) is 13.6. The van der Waals surface area contributed by atoms with E-state index >= 15 is 0 Å². The zero-order valence-electron chi connectivity index (χ0n) is 12.8. The summed E-state index contributed by atoms with van der Waals surface area (Å²) in [6.45, 7) is 0. The number of carbonyl (C=O) groups is 1. The highest BCUT2D eigenvalue weighted by molar-refractivity contribution is 7.21. The third-order valence-corrected chi connectivity index (χ3v) is 5.37. The number of amides is 1. The maximum absolute atomic E-state index is 12.6. The van der Waals surface area contributed by atoms with Crippen molar-refractivity contribution >= 4 is 38.8 Å². The van der Waals surface area contributed by atoms with Crippen LogP contribution in [0.3, 0.4) is 0 Å². The van der Waals surface area contributed by atoms with E-state index in [1.807, 2.05) is 0 Å². The number of para-hydroxylation sites is 1. The second-order valence-corrected chi connectivity index (χ2v) is 6.76. The summed E-state index contributed by atoms with van der Waals surface area (Å²) in [4.78, 5) is 18.5. The normalized spacial score (nSPS) is 12.8. The molecule has 0 fully saturated rings.